The monoisotopic (exact) mass is 368 g/mol. The first kappa shape index (κ1) is 15.2. The molecule has 1 atom stereocenters. The van der Waals surface area contributed by atoms with Gasteiger partial charge >= 0.3 is 0 Å². The highest BCUT2D eigenvalue weighted by Gasteiger charge is 2.33. The molecule has 1 aliphatic heterocycles. The van der Waals surface area contributed by atoms with Crippen LogP contribution >= 0.6 is 27.5 Å². The smallest absolute Gasteiger partial charge is 0.244 e. The largest absolute Gasteiger partial charge is 0.395 e. The molecule has 106 valence electrons. The van der Waals surface area contributed by atoms with Gasteiger partial charge in [-0.1, -0.05) is 18.0 Å². The lowest BCUT2D eigenvalue weighted by Gasteiger charge is -2.33. The summed E-state index contributed by atoms with van der Waals surface area (Å²) in [7, 11) is -3.64. The molecule has 2 rings (SSSR count). The van der Waals surface area contributed by atoms with Gasteiger partial charge in [-0.3, -0.25) is 0 Å². The standard InChI is InChI=1S/C11H14BrClN2O3S/c12-10-5-9(6-14-11(10)13)19(17,18)15-4-2-1-3-8(15)7-16/h5-6,8,16H,1-4,7H2. The fourth-order valence-corrected chi connectivity index (χ4v) is 4.41. The fraction of sp³-hybridized carbons (Fsp3) is 0.545. The highest BCUT2D eigenvalue weighted by Crippen LogP contribution is 2.28. The van der Waals surface area contributed by atoms with Gasteiger partial charge in [0.1, 0.15) is 10.0 Å². The van der Waals surface area contributed by atoms with Gasteiger partial charge in [0.05, 0.1) is 11.1 Å². The summed E-state index contributed by atoms with van der Waals surface area (Å²) in [6, 6.07) is 1.08. The van der Waals surface area contributed by atoms with Crippen molar-refractivity contribution in [3.05, 3.63) is 21.9 Å². The van der Waals surface area contributed by atoms with E-state index in [2.05, 4.69) is 20.9 Å². The van der Waals surface area contributed by atoms with Gasteiger partial charge < -0.3 is 5.11 Å². The SMILES string of the molecule is O=S(=O)(c1cnc(Cl)c(Br)c1)N1CCCCC1CO. The lowest BCUT2D eigenvalue weighted by atomic mass is 10.1. The summed E-state index contributed by atoms with van der Waals surface area (Å²) in [5.74, 6) is 0. The van der Waals surface area contributed by atoms with Crippen molar-refractivity contribution >= 4 is 37.6 Å². The van der Waals surface area contributed by atoms with Crippen molar-refractivity contribution in [2.24, 2.45) is 0 Å². The predicted molar refractivity (Wildman–Crippen MR) is 75.6 cm³/mol. The third kappa shape index (κ3) is 3.11. The second kappa shape index (κ2) is 6.05. The van der Waals surface area contributed by atoms with Gasteiger partial charge in [0.2, 0.25) is 10.0 Å². The number of hydrogen-bond donors (Lipinski definition) is 1. The molecule has 8 heteroatoms. The van der Waals surface area contributed by atoms with E-state index in [-0.39, 0.29) is 22.7 Å². The van der Waals surface area contributed by atoms with E-state index in [1.807, 2.05) is 0 Å². The third-order valence-corrected chi connectivity index (χ3v) is 6.21. The van der Waals surface area contributed by atoms with Crippen molar-refractivity contribution in [2.45, 2.75) is 30.2 Å². The fourth-order valence-electron chi connectivity index (χ4n) is 2.15. The molecule has 1 aromatic rings. The molecule has 2 heterocycles. The Labute approximate surface area is 125 Å². The number of pyridine rings is 1. The first-order chi connectivity index (χ1) is 8.96. The molecular weight excluding hydrogens is 356 g/mol. The van der Waals surface area contributed by atoms with Crippen LogP contribution in [0.3, 0.4) is 0 Å². The van der Waals surface area contributed by atoms with Gasteiger partial charge in [0, 0.05) is 18.8 Å². The van der Waals surface area contributed by atoms with Gasteiger partial charge in [-0.2, -0.15) is 4.31 Å². The maximum absolute atomic E-state index is 12.5. The van der Waals surface area contributed by atoms with Crippen LogP contribution in [0.15, 0.2) is 21.6 Å². The molecule has 0 amide bonds. The van der Waals surface area contributed by atoms with E-state index in [0.717, 1.165) is 12.8 Å². The van der Waals surface area contributed by atoms with E-state index in [1.165, 1.54) is 16.6 Å². The van der Waals surface area contributed by atoms with E-state index < -0.39 is 10.0 Å². The normalized spacial score (nSPS) is 21.5. The Balaban J connectivity index is 2.37. The summed E-state index contributed by atoms with van der Waals surface area (Å²) in [6.07, 6.45) is 3.65. The third-order valence-electron chi connectivity index (χ3n) is 3.16. The van der Waals surface area contributed by atoms with E-state index in [4.69, 9.17) is 11.6 Å². The molecular formula is C11H14BrClN2O3S. The molecule has 5 nitrogen and oxygen atoms in total. The lowest BCUT2D eigenvalue weighted by molar-refractivity contribution is 0.155. The minimum absolute atomic E-state index is 0.0872. The average Bonchev–Trinajstić information content (AvgIpc) is 2.41. The van der Waals surface area contributed by atoms with Crippen molar-refractivity contribution in [1.82, 2.24) is 9.29 Å². The molecule has 1 aromatic heterocycles. The molecule has 1 N–H and O–H groups in total. The molecule has 0 radical (unpaired) electrons. The summed E-state index contributed by atoms with van der Waals surface area (Å²) >= 11 is 8.93. The molecule has 0 saturated carbocycles. The number of halogens is 2. The van der Waals surface area contributed by atoms with Crippen molar-refractivity contribution in [3.63, 3.8) is 0 Å². The van der Waals surface area contributed by atoms with Gasteiger partial charge in [0.25, 0.3) is 0 Å². The molecule has 1 unspecified atom stereocenters. The molecule has 19 heavy (non-hydrogen) atoms. The Morgan fingerprint density at radius 3 is 2.89 bits per heavy atom. The molecule has 0 spiro atoms. The summed E-state index contributed by atoms with van der Waals surface area (Å²) < 4.78 is 26.9. The number of rotatable bonds is 3. The topological polar surface area (TPSA) is 70.5 Å². The van der Waals surface area contributed by atoms with E-state index in [1.54, 1.807) is 0 Å². The summed E-state index contributed by atoms with van der Waals surface area (Å²) in [6.45, 7) is 0.259. The van der Waals surface area contributed by atoms with Crippen molar-refractivity contribution in [1.29, 1.82) is 0 Å². The second-order valence-electron chi connectivity index (χ2n) is 4.39. The molecule has 0 aromatic carbocycles. The van der Waals surface area contributed by atoms with Crippen LogP contribution in [0.2, 0.25) is 5.15 Å². The van der Waals surface area contributed by atoms with Gasteiger partial charge in [0.15, 0.2) is 0 Å². The van der Waals surface area contributed by atoms with Gasteiger partial charge in [-0.15, -0.1) is 0 Å². The van der Waals surface area contributed by atoms with Crippen LogP contribution in [0.4, 0.5) is 0 Å². The molecule has 1 saturated heterocycles. The summed E-state index contributed by atoms with van der Waals surface area (Å²) in [4.78, 5) is 3.93. The summed E-state index contributed by atoms with van der Waals surface area (Å²) in [5, 5.41) is 9.54. The summed E-state index contributed by atoms with van der Waals surface area (Å²) in [5.41, 5.74) is 0. The Kier molecular flexibility index (Phi) is 4.84. The van der Waals surface area contributed by atoms with Crippen LogP contribution in [-0.4, -0.2) is 42.0 Å². The lowest BCUT2D eigenvalue weighted by Crippen LogP contribution is -2.45. The van der Waals surface area contributed by atoms with Crippen LogP contribution < -0.4 is 0 Å². The number of aromatic nitrogens is 1. The number of hydrogen-bond acceptors (Lipinski definition) is 4. The highest BCUT2D eigenvalue weighted by atomic mass is 79.9. The molecule has 0 bridgehead atoms. The highest BCUT2D eigenvalue weighted by molar-refractivity contribution is 9.10. The Hall–Kier alpha value is -0.210. The zero-order valence-electron chi connectivity index (χ0n) is 10.1. The van der Waals surface area contributed by atoms with Crippen molar-refractivity contribution in [2.75, 3.05) is 13.2 Å². The number of aliphatic hydroxyl groups is 1. The van der Waals surface area contributed by atoms with Crippen LogP contribution in [0, 0.1) is 0 Å². The van der Waals surface area contributed by atoms with Crippen LogP contribution in [0.1, 0.15) is 19.3 Å². The minimum atomic E-state index is -3.64. The van der Waals surface area contributed by atoms with Crippen molar-refractivity contribution in [3.8, 4) is 0 Å². The zero-order chi connectivity index (χ0) is 14.0. The van der Waals surface area contributed by atoms with E-state index in [0.29, 0.717) is 17.4 Å². The van der Waals surface area contributed by atoms with Gasteiger partial charge in [-0.05, 0) is 34.8 Å². The first-order valence-electron chi connectivity index (χ1n) is 5.90. The number of piperidine rings is 1. The van der Waals surface area contributed by atoms with E-state index >= 15 is 0 Å². The number of sulfonamides is 1. The van der Waals surface area contributed by atoms with Crippen LogP contribution in [0.25, 0.3) is 0 Å². The quantitative estimate of drug-likeness (QED) is 0.828. The number of nitrogens with zero attached hydrogens (tertiary/aromatic N) is 2. The maximum Gasteiger partial charge on any atom is 0.244 e. The zero-order valence-corrected chi connectivity index (χ0v) is 13.2. The van der Waals surface area contributed by atoms with Crippen LogP contribution in [0.5, 0.6) is 0 Å². The second-order valence-corrected chi connectivity index (χ2v) is 7.49. The number of aliphatic hydroxyl groups excluding tert-OH is 1. The van der Waals surface area contributed by atoms with E-state index in [9.17, 15) is 13.5 Å². The first-order valence-corrected chi connectivity index (χ1v) is 8.51. The molecule has 0 aliphatic carbocycles. The Morgan fingerprint density at radius 2 is 2.26 bits per heavy atom. The molecule has 1 aliphatic rings. The van der Waals surface area contributed by atoms with Gasteiger partial charge in [-0.25, -0.2) is 13.4 Å². The average molecular weight is 370 g/mol. The predicted octanol–water partition coefficient (Wildman–Crippen LogP) is 2.03. The van der Waals surface area contributed by atoms with Crippen molar-refractivity contribution < 1.29 is 13.5 Å². The minimum Gasteiger partial charge on any atom is -0.395 e. The van der Waals surface area contributed by atoms with Crippen LogP contribution in [-0.2, 0) is 10.0 Å². The molecule has 1 fully saturated rings. The maximum atomic E-state index is 12.5. The Morgan fingerprint density at radius 1 is 1.53 bits per heavy atom. The Bertz CT molecular complexity index is 567.